The van der Waals surface area contributed by atoms with Crippen LogP contribution in [0.4, 0.5) is 4.39 Å². The van der Waals surface area contributed by atoms with E-state index in [2.05, 4.69) is 0 Å². The van der Waals surface area contributed by atoms with Crippen LogP contribution in [0.1, 0.15) is 22.3 Å². The molecule has 2 aromatic rings. The number of benzene rings is 1. The van der Waals surface area contributed by atoms with Crippen molar-refractivity contribution >= 4 is 11.8 Å². The monoisotopic (exact) mass is 343 g/mol. The van der Waals surface area contributed by atoms with Gasteiger partial charge in [0.25, 0.3) is 5.91 Å². The van der Waals surface area contributed by atoms with Gasteiger partial charge in [0.1, 0.15) is 5.82 Å². The van der Waals surface area contributed by atoms with Crippen LogP contribution in [-0.4, -0.2) is 52.4 Å². The Morgan fingerprint density at radius 3 is 2.48 bits per heavy atom. The van der Waals surface area contributed by atoms with Crippen molar-refractivity contribution in [2.75, 3.05) is 26.2 Å². The predicted octanol–water partition coefficient (Wildman–Crippen LogP) is 2.08. The molecule has 1 aliphatic heterocycles. The lowest BCUT2D eigenvalue weighted by Crippen LogP contribution is -2.38. The van der Waals surface area contributed by atoms with Crippen molar-refractivity contribution in [3.05, 3.63) is 59.7 Å². The fourth-order valence-corrected chi connectivity index (χ4v) is 3.13. The number of aromatic nitrogens is 1. The Hall–Kier alpha value is -2.63. The maximum absolute atomic E-state index is 13.8. The number of hydrogen-bond donors (Lipinski definition) is 0. The lowest BCUT2D eigenvalue weighted by molar-refractivity contribution is -0.130. The zero-order valence-corrected chi connectivity index (χ0v) is 14.3. The molecule has 132 valence electrons. The normalized spacial score (nSPS) is 15.1. The van der Waals surface area contributed by atoms with E-state index in [1.165, 1.54) is 12.1 Å². The zero-order chi connectivity index (χ0) is 17.8. The molecule has 1 aliphatic rings. The molecule has 1 saturated heterocycles. The quantitative estimate of drug-likeness (QED) is 0.857. The van der Waals surface area contributed by atoms with E-state index in [1.54, 1.807) is 21.9 Å². The molecule has 2 heterocycles. The number of carbonyl (C=O) groups excluding carboxylic acids is 2. The summed E-state index contributed by atoms with van der Waals surface area (Å²) in [6.45, 7) is 2.05. The molecular formula is C19H22FN3O2. The highest BCUT2D eigenvalue weighted by Crippen LogP contribution is 2.13. The minimum Gasteiger partial charge on any atom is -0.357 e. The summed E-state index contributed by atoms with van der Waals surface area (Å²) in [6, 6.07) is 7.95. The van der Waals surface area contributed by atoms with Crippen LogP contribution in [0, 0.1) is 5.82 Å². The average molecular weight is 343 g/mol. The number of carbonyl (C=O) groups is 2. The second-order valence-electron chi connectivity index (χ2n) is 6.37. The van der Waals surface area contributed by atoms with E-state index in [4.69, 9.17) is 0 Å². The summed E-state index contributed by atoms with van der Waals surface area (Å²) in [6.07, 6.45) is 4.91. The molecule has 0 saturated carbocycles. The Balaban J connectivity index is 1.61. The van der Waals surface area contributed by atoms with Gasteiger partial charge in [-0.1, -0.05) is 12.1 Å². The fraction of sp³-hybridized carbons (Fsp3) is 0.368. The van der Waals surface area contributed by atoms with Crippen LogP contribution < -0.4 is 0 Å². The van der Waals surface area contributed by atoms with E-state index in [9.17, 15) is 14.0 Å². The number of nitrogens with zero attached hydrogens (tertiary/aromatic N) is 3. The topological polar surface area (TPSA) is 45.6 Å². The third-order valence-electron chi connectivity index (χ3n) is 4.49. The van der Waals surface area contributed by atoms with Gasteiger partial charge in [0.05, 0.1) is 12.0 Å². The Morgan fingerprint density at radius 1 is 1.04 bits per heavy atom. The van der Waals surface area contributed by atoms with E-state index in [-0.39, 0.29) is 17.4 Å². The molecule has 25 heavy (non-hydrogen) atoms. The molecule has 1 aromatic carbocycles. The summed E-state index contributed by atoms with van der Waals surface area (Å²) in [5.41, 5.74) is 1.07. The van der Waals surface area contributed by atoms with Gasteiger partial charge in [0.2, 0.25) is 5.91 Å². The van der Waals surface area contributed by atoms with Crippen molar-refractivity contribution in [3.63, 3.8) is 0 Å². The van der Waals surface area contributed by atoms with Crippen molar-refractivity contribution in [2.45, 2.75) is 12.8 Å². The van der Waals surface area contributed by atoms with Gasteiger partial charge >= 0.3 is 0 Å². The summed E-state index contributed by atoms with van der Waals surface area (Å²) in [5, 5.41) is 0. The van der Waals surface area contributed by atoms with Gasteiger partial charge in [0.15, 0.2) is 0 Å². The van der Waals surface area contributed by atoms with Gasteiger partial charge in [-0.25, -0.2) is 4.39 Å². The van der Waals surface area contributed by atoms with E-state index in [0.29, 0.717) is 39.0 Å². The Morgan fingerprint density at radius 2 is 1.76 bits per heavy atom. The van der Waals surface area contributed by atoms with Crippen LogP contribution >= 0.6 is 0 Å². The van der Waals surface area contributed by atoms with Crippen molar-refractivity contribution in [2.24, 2.45) is 7.05 Å². The highest BCUT2D eigenvalue weighted by molar-refractivity contribution is 5.94. The average Bonchev–Trinajstić information content (AvgIpc) is 2.86. The van der Waals surface area contributed by atoms with Crippen molar-refractivity contribution in [3.8, 4) is 0 Å². The SMILES string of the molecule is Cn1ccc(CC(=O)N2CCCN(C(=O)c3ccccc3F)CC2)c1. The predicted molar refractivity (Wildman–Crippen MR) is 92.6 cm³/mol. The number of amides is 2. The van der Waals surface area contributed by atoms with Crippen molar-refractivity contribution in [1.82, 2.24) is 14.4 Å². The van der Waals surface area contributed by atoms with Crippen LogP contribution in [0.2, 0.25) is 0 Å². The Labute approximate surface area is 146 Å². The molecule has 1 fully saturated rings. The van der Waals surface area contributed by atoms with E-state index >= 15 is 0 Å². The molecule has 0 spiro atoms. The summed E-state index contributed by atoms with van der Waals surface area (Å²) in [7, 11) is 1.92. The third-order valence-corrected chi connectivity index (χ3v) is 4.49. The molecule has 1 aromatic heterocycles. The number of rotatable bonds is 3. The Kier molecular flexibility index (Phi) is 5.16. The molecule has 0 aliphatic carbocycles. The molecule has 3 rings (SSSR count). The summed E-state index contributed by atoms with van der Waals surface area (Å²) >= 11 is 0. The van der Waals surface area contributed by atoms with Crippen LogP contribution in [0.3, 0.4) is 0 Å². The van der Waals surface area contributed by atoms with Gasteiger partial charge in [-0.05, 0) is 30.2 Å². The second kappa shape index (κ2) is 7.51. The molecule has 0 atom stereocenters. The first-order chi connectivity index (χ1) is 12.0. The second-order valence-corrected chi connectivity index (χ2v) is 6.37. The van der Waals surface area contributed by atoms with Crippen LogP contribution in [0.25, 0.3) is 0 Å². The molecule has 2 amide bonds. The summed E-state index contributed by atoms with van der Waals surface area (Å²) in [5.74, 6) is -0.754. The molecule has 0 radical (unpaired) electrons. The standard InChI is InChI=1S/C19H22FN3O2/c1-21-10-7-15(14-21)13-18(24)22-8-4-9-23(12-11-22)19(25)16-5-2-3-6-17(16)20/h2-3,5-7,10,14H,4,8-9,11-13H2,1H3. The maximum Gasteiger partial charge on any atom is 0.256 e. The summed E-state index contributed by atoms with van der Waals surface area (Å²) in [4.78, 5) is 28.4. The van der Waals surface area contributed by atoms with E-state index in [1.807, 2.05) is 30.1 Å². The van der Waals surface area contributed by atoms with Gasteiger partial charge in [-0.3, -0.25) is 9.59 Å². The zero-order valence-electron chi connectivity index (χ0n) is 14.3. The minimum atomic E-state index is -0.506. The van der Waals surface area contributed by atoms with Crippen LogP contribution in [0.15, 0.2) is 42.7 Å². The number of halogens is 1. The smallest absolute Gasteiger partial charge is 0.256 e. The third kappa shape index (κ3) is 4.07. The number of aryl methyl sites for hydroxylation is 1. The molecule has 0 N–H and O–H groups in total. The molecule has 0 unspecified atom stereocenters. The molecular weight excluding hydrogens is 321 g/mol. The summed E-state index contributed by atoms with van der Waals surface area (Å²) < 4.78 is 15.7. The van der Waals surface area contributed by atoms with E-state index < -0.39 is 5.82 Å². The van der Waals surface area contributed by atoms with Gasteiger partial charge in [0, 0.05) is 45.6 Å². The highest BCUT2D eigenvalue weighted by Gasteiger charge is 2.24. The largest absolute Gasteiger partial charge is 0.357 e. The number of hydrogen-bond acceptors (Lipinski definition) is 2. The molecule has 6 heteroatoms. The maximum atomic E-state index is 13.8. The van der Waals surface area contributed by atoms with E-state index in [0.717, 1.165) is 5.56 Å². The molecule has 0 bridgehead atoms. The van der Waals surface area contributed by atoms with Gasteiger partial charge < -0.3 is 14.4 Å². The first-order valence-electron chi connectivity index (χ1n) is 8.47. The van der Waals surface area contributed by atoms with Gasteiger partial charge in [-0.15, -0.1) is 0 Å². The first-order valence-corrected chi connectivity index (χ1v) is 8.47. The lowest BCUT2D eigenvalue weighted by Gasteiger charge is -2.22. The first kappa shape index (κ1) is 17.2. The van der Waals surface area contributed by atoms with Crippen LogP contribution in [0.5, 0.6) is 0 Å². The highest BCUT2D eigenvalue weighted by atomic mass is 19.1. The molecule has 5 nitrogen and oxygen atoms in total. The van der Waals surface area contributed by atoms with Crippen molar-refractivity contribution < 1.29 is 14.0 Å². The lowest BCUT2D eigenvalue weighted by atomic mass is 10.2. The van der Waals surface area contributed by atoms with Gasteiger partial charge in [-0.2, -0.15) is 0 Å². The minimum absolute atomic E-state index is 0.0615. The fourth-order valence-electron chi connectivity index (χ4n) is 3.13. The van der Waals surface area contributed by atoms with Crippen molar-refractivity contribution in [1.29, 1.82) is 0 Å². The Bertz CT molecular complexity index is 772. The van der Waals surface area contributed by atoms with Crippen LogP contribution in [-0.2, 0) is 18.3 Å².